The van der Waals surface area contributed by atoms with E-state index in [0.29, 0.717) is 51.0 Å². The molecule has 6 rings (SSSR count). The molecule has 0 unspecified atom stereocenters. The topological polar surface area (TPSA) is 208 Å². The number of hydrogen-bond acceptors (Lipinski definition) is 12. The van der Waals surface area contributed by atoms with Crippen LogP contribution in [-0.2, 0) is 45.0 Å². The number of nitrogens with zero attached hydrogens (tertiary/aromatic N) is 2. The lowest BCUT2D eigenvalue weighted by molar-refractivity contribution is -0.129. The molecule has 0 aliphatic carbocycles. The summed E-state index contributed by atoms with van der Waals surface area (Å²) in [5, 5.41) is 35.7. The Labute approximate surface area is 375 Å². The Kier molecular flexibility index (Phi) is 17.7. The third kappa shape index (κ3) is 13.8. The molecule has 2 aromatic carbocycles. The van der Waals surface area contributed by atoms with Gasteiger partial charge in [0.25, 0.3) is 11.8 Å². The minimum absolute atomic E-state index is 0.0612. The fourth-order valence-electron chi connectivity index (χ4n) is 7.90. The standard InChI is InChI=1S/C48H64N6O10/c1-31(2)41(51-45(57)39-17-15-35(63-39)29-53-19-23-61-24-20-53)47(59)49-37(27-33-11-7-5-8-12-33)43(55)44(56)38(28-34-13-9-6-10-14-34)50-48(60)42(32(3)4)52-46(58)40-18-16-36(64-40)30-54-21-25-62-26-22-54/h5-18,31-32,37-38,41-44,55-56H,19-30H2,1-4H3,(H,49,59)(H,50,60)(H,51,57)(H,52,58)/t37-,38-,41-,42-,43+,44+/m0/s1. The van der Waals surface area contributed by atoms with Crippen molar-refractivity contribution >= 4 is 23.6 Å². The molecule has 2 saturated heterocycles. The first-order chi connectivity index (χ1) is 30.8. The summed E-state index contributed by atoms with van der Waals surface area (Å²) in [7, 11) is 0. The molecule has 4 amide bonds. The molecule has 0 bridgehead atoms. The Balaban J connectivity index is 1.17. The molecule has 64 heavy (non-hydrogen) atoms. The second-order valence-electron chi connectivity index (χ2n) is 17.3. The highest BCUT2D eigenvalue weighted by Gasteiger charge is 2.38. The fraction of sp³-hybridized carbons (Fsp3) is 0.500. The van der Waals surface area contributed by atoms with Crippen LogP contribution < -0.4 is 21.3 Å². The largest absolute Gasteiger partial charge is 0.455 e. The van der Waals surface area contributed by atoms with Gasteiger partial charge in [-0.15, -0.1) is 0 Å². The van der Waals surface area contributed by atoms with E-state index >= 15 is 0 Å². The molecule has 0 radical (unpaired) electrons. The maximum Gasteiger partial charge on any atom is 0.287 e. The van der Waals surface area contributed by atoms with E-state index in [1.54, 1.807) is 52.0 Å². The predicted molar refractivity (Wildman–Crippen MR) is 238 cm³/mol. The van der Waals surface area contributed by atoms with Crippen LogP contribution in [-0.4, -0.2) is 133 Å². The Bertz CT molecular complexity index is 1930. The number of carbonyl (C=O) groups is 4. The molecule has 16 heteroatoms. The second-order valence-corrected chi connectivity index (χ2v) is 17.3. The van der Waals surface area contributed by atoms with Crippen molar-refractivity contribution in [2.75, 3.05) is 52.6 Å². The molecular formula is C48H64N6O10. The molecule has 4 heterocycles. The van der Waals surface area contributed by atoms with E-state index in [0.717, 1.165) is 37.3 Å². The maximum atomic E-state index is 14.2. The van der Waals surface area contributed by atoms with E-state index in [2.05, 4.69) is 31.1 Å². The highest BCUT2D eigenvalue weighted by molar-refractivity contribution is 5.96. The van der Waals surface area contributed by atoms with Gasteiger partial charge in [0.1, 0.15) is 35.8 Å². The number of aliphatic hydroxyl groups excluding tert-OH is 2. The summed E-state index contributed by atoms with van der Waals surface area (Å²) in [5.41, 5.74) is 1.54. The van der Waals surface area contributed by atoms with Gasteiger partial charge in [-0.3, -0.25) is 29.0 Å². The van der Waals surface area contributed by atoms with Crippen molar-refractivity contribution in [3.63, 3.8) is 0 Å². The quantitative estimate of drug-likeness (QED) is 0.0715. The zero-order chi connectivity index (χ0) is 45.6. The summed E-state index contributed by atoms with van der Waals surface area (Å²) >= 11 is 0. The van der Waals surface area contributed by atoms with Crippen LogP contribution in [0.25, 0.3) is 0 Å². The van der Waals surface area contributed by atoms with E-state index in [9.17, 15) is 29.4 Å². The number of amides is 4. The van der Waals surface area contributed by atoms with Crippen molar-refractivity contribution in [2.24, 2.45) is 11.8 Å². The number of carbonyl (C=O) groups excluding carboxylic acids is 4. The first kappa shape index (κ1) is 48.1. The highest BCUT2D eigenvalue weighted by atomic mass is 16.5. The van der Waals surface area contributed by atoms with E-state index in [-0.39, 0.29) is 36.2 Å². The van der Waals surface area contributed by atoms with Gasteiger partial charge in [-0.25, -0.2) is 0 Å². The lowest BCUT2D eigenvalue weighted by Gasteiger charge is -2.35. The molecule has 0 spiro atoms. The third-order valence-corrected chi connectivity index (χ3v) is 11.6. The van der Waals surface area contributed by atoms with Crippen molar-refractivity contribution in [3.05, 3.63) is 119 Å². The first-order valence-electron chi connectivity index (χ1n) is 22.3. The van der Waals surface area contributed by atoms with Crippen LogP contribution >= 0.6 is 0 Å². The number of morpholine rings is 2. The molecule has 346 valence electrons. The van der Waals surface area contributed by atoms with Gasteiger partial charge in [0.15, 0.2) is 11.5 Å². The molecule has 0 saturated carbocycles. The monoisotopic (exact) mass is 884 g/mol. The number of nitrogens with one attached hydrogen (secondary N) is 4. The fourth-order valence-corrected chi connectivity index (χ4v) is 7.90. The van der Waals surface area contributed by atoms with Crippen LogP contribution in [0, 0.1) is 11.8 Å². The van der Waals surface area contributed by atoms with Gasteiger partial charge >= 0.3 is 0 Å². The van der Waals surface area contributed by atoms with Crippen molar-refractivity contribution in [1.29, 1.82) is 0 Å². The van der Waals surface area contributed by atoms with Crippen LogP contribution in [0.2, 0.25) is 0 Å². The van der Waals surface area contributed by atoms with Crippen molar-refractivity contribution in [3.8, 4) is 0 Å². The van der Waals surface area contributed by atoms with Crippen molar-refractivity contribution < 1.29 is 47.7 Å². The summed E-state index contributed by atoms with van der Waals surface area (Å²) < 4.78 is 22.6. The van der Waals surface area contributed by atoms with E-state index in [1.807, 2.05) is 60.7 Å². The summed E-state index contributed by atoms with van der Waals surface area (Å²) in [6.07, 6.45) is -3.01. The van der Waals surface area contributed by atoms with E-state index < -0.39 is 60.0 Å². The molecule has 6 atom stereocenters. The Morgan fingerprint density at radius 2 is 0.891 bits per heavy atom. The Morgan fingerprint density at radius 1 is 0.531 bits per heavy atom. The van der Waals surface area contributed by atoms with Crippen molar-refractivity contribution in [2.45, 2.75) is 90.0 Å². The van der Waals surface area contributed by atoms with Crippen LogP contribution in [0.3, 0.4) is 0 Å². The second kappa shape index (κ2) is 23.5. The maximum absolute atomic E-state index is 14.2. The number of furan rings is 2. The average molecular weight is 885 g/mol. The van der Waals surface area contributed by atoms with Gasteiger partial charge in [0, 0.05) is 26.2 Å². The average Bonchev–Trinajstić information content (AvgIpc) is 3.97. The van der Waals surface area contributed by atoms with Gasteiger partial charge in [0.2, 0.25) is 11.8 Å². The number of aliphatic hydroxyl groups is 2. The zero-order valence-electron chi connectivity index (χ0n) is 37.2. The van der Waals surface area contributed by atoms with Crippen LogP contribution in [0.15, 0.2) is 93.8 Å². The van der Waals surface area contributed by atoms with Gasteiger partial charge < -0.3 is 49.8 Å². The number of ether oxygens (including phenoxy) is 2. The van der Waals surface area contributed by atoms with Gasteiger partial charge in [-0.05, 0) is 60.1 Å². The molecule has 2 aliphatic rings. The first-order valence-corrected chi connectivity index (χ1v) is 22.3. The molecule has 2 aromatic heterocycles. The molecule has 6 N–H and O–H groups in total. The molecule has 2 fully saturated rings. The Hall–Kier alpha value is -5.36. The highest BCUT2D eigenvalue weighted by Crippen LogP contribution is 2.19. The van der Waals surface area contributed by atoms with Gasteiger partial charge in [-0.2, -0.15) is 0 Å². The third-order valence-electron chi connectivity index (χ3n) is 11.6. The SMILES string of the molecule is CC(C)[C@H](NC(=O)c1ccc(CN2CCOCC2)o1)C(=O)N[C@@H](Cc1ccccc1)[C@@H](O)[C@H](O)[C@H](Cc1ccccc1)NC(=O)[C@@H](NC(=O)c1ccc(CN2CCOCC2)o1)C(C)C. The smallest absolute Gasteiger partial charge is 0.287 e. The number of benzene rings is 2. The summed E-state index contributed by atoms with van der Waals surface area (Å²) in [6.45, 7) is 13.7. The van der Waals surface area contributed by atoms with Crippen LogP contribution in [0.4, 0.5) is 0 Å². The summed E-state index contributed by atoms with van der Waals surface area (Å²) in [4.78, 5) is 59.7. The molecule has 4 aromatic rings. The number of rotatable bonds is 21. The van der Waals surface area contributed by atoms with Gasteiger partial charge in [-0.1, -0.05) is 88.4 Å². The molecule has 2 aliphatic heterocycles. The van der Waals surface area contributed by atoms with E-state index in [1.165, 1.54) is 0 Å². The minimum Gasteiger partial charge on any atom is -0.455 e. The summed E-state index contributed by atoms with van der Waals surface area (Å²) in [6, 6.07) is 20.8. The predicted octanol–water partition coefficient (Wildman–Crippen LogP) is 2.92. The van der Waals surface area contributed by atoms with E-state index in [4.69, 9.17) is 18.3 Å². The lowest BCUT2D eigenvalue weighted by Crippen LogP contribution is -2.61. The summed E-state index contributed by atoms with van der Waals surface area (Å²) in [5.74, 6) is -1.70. The lowest BCUT2D eigenvalue weighted by atomic mass is 9.90. The molecular weight excluding hydrogens is 821 g/mol. The normalized spacial score (nSPS) is 17.8. The van der Waals surface area contributed by atoms with Crippen molar-refractivity contribution in [1.82, 2.24) is 31.1 Å². The Morgan fingerprint density at radius 3 is 1.23 bits per heavy atom. The van der Waals surface area contributed by atoms with Gasteiger partial charge in [0.05, 0.1) is 51.6 Å². The minimum atomic E-state index is -1.62. The van der Waals surface area contributed by atoms with Crippen LogP contribution in [0.5, 0.6) is 0 Å². The zero-order valence-corrected chi connectivity index (χ0v) is 37.2. The number of hydrogen-bond donors (Lipinski definition) is 6. The molecule has 16 nitrogen and oxygen atoms in total. The van der Waals surface area contributed by atoms with Crippen LogP contribution in [0.1, 0.15) is 71.5 Å².